The number of hydrogen-bond donors (Lipinski definition) is 0. The molecule has 0 bridgehead atoms. The van der Waals surface area contributed by atoms with Gasteiger partial charge in [-0.25, -0.2) is 0 Å². The highest BCUT2D eigenvalue weighted by Crippen LogP contribution is 2.36. The number of benzene rings is 1. The van der Waals surface area contributed by atoms with Gasteiger partial charge in [-0.15, -0.1) is 11.6 Å². The van der Waals surface area contributed by atoms with Crippen LogP contribution in [0.3, 0.4) is 0 Å². The molecule has 2 nitrogen and oxygen atoms in total. The van der Waals surface area contributed by atoms with Gasteiger partial charge in [0.1, 0.15) is 11.8 Å². The molecule has 0 saturated carbocycles. The summed E-state index contributed by atoms with van der Waals surface area (Å²) in [6, 6.07) is 3.52. The second kappa shape index (κ2) is 4.62. The maximum atomic E-state index is 12.6. The van der Waals surface area contributed by atoms with E-state index in [0.717, 1.165) is 12.1 Å². The first-order valence-electron chi connectivity index (χ1n) is 4.18. The number of ether oxygens (including phenoxy) is 1. The standard InChI is InChI=1S/C10H7ClF3NO/c1-16-9-3-6(4-11)8(10(12,13)14)2-7(9)5-15/h2-3H,4H2,1H3. The van der Waals surface area contributed by atoms with E-state index in [4.69, 9.17) is 21.6 Å². The van der Waals surface area contributed by atoms with Crippen LogP contribution in [-0.2, 0) is 12.1 Å². The molecule has 86 valence electrons. The summed E-state index contributed by atoms with van der Waals surface area (Å²) < 4.78 is 42.5. The van der Waals surface area contributed by atoms with Crippen LogP contribution in [0.25, 0.3) is 0 Å². The normalized spacial score (nSPS) is 11.0. The molecule has 0 aliphatic rings. The molecule has 6 heteroatoms. The van der Waals surface area contributed by atoms with Gasteiger partial charge in [0.2, 0.25) is 0 Å². The highest BCUT2D eigenvalue weighted by molar-refractivity contribution is 6.17. The van der Waals surface area contributed by atoms with E-state index in [0.29, 0.717) is 0 Å². The Morgan fingerprint density at radius 3 is 2.44 bits per heavy atom. The van der Waals surface area contributed by atoms with Gasteiger partial charge in [-0.2, -0.15) is 18.4 Å². The molecule has 16 heavy (non-hydrogen) atoms. The average molecular weight is 250 g/mol. The summed E-state index contributed by atoms with van der Waals surface area (Å²) in [5, 5.41) is 8.67. The Morgan fingerprint density at radius 2 is 2.06 bits per heavy atom. The van der Waals surface area contributed by atoms with Crippen LogP contribution < -0.4 is 4.74 Å². The summed E-state index contributed by atoms with van der Waals surface area (Å²) in [7, 11) is 1.28. The molecule has 0 saturated heterocycles. The van der Waals surface area contributed by atoms with Crippen molar-refractivity contribution in [3.8, 4) is 11.8 Å². The van der Waals surface area contributed by atoms with Crippen molar-refractivity contribution in [3.05, 3.63) is 28.8 Å². The Bertz CT molecular complexity index is 437. The quantitative estimate of drug-likeness (QED) is 0.753. The molecule has 0 amide bonds. The third-order valence-electron chi connectivity index (χ3n) is 2.00. The predicted octanol–water partition coefficient (Wildman–Crippen LogP) is 3.32. The third-order valence-corrected chi connectivity index (χ3v) is 2.28. The molecule has 0 radical (unpaired) electrons. The summed E-state index contributed by atoms with van der Waals surface area (Å²) in [5.41, 5.74) is -1.17. The number of hydrogen-bond acceptors (Lipinski definition) is 2. The molecular formula is C10H7ClF3NO. The Kier molecular flexibility index (Phi) is 3.66. The van der Waals surface area contributed by atoms with Crippen LogP contribution in [0.15, 0.2) is 12.1 Å². The highest BCUT2D eigenvalue weighted by atomic mass is 35.5. The number of rotatable bonds is 2. The Morgan fingerprint density at radius 1 is 1.44 bits per heavy atom. The van der Waals surface area contributed by atoms with Crippen LogP contribution in [0.5, 0.6) is 5.75 Å². The highest BCUT2D eigenvalue weighted by Gasteiger charge is 2.34. The molecule has 0 unspecified atom stereocenters. The summed E-state index contributed by atoms with van der Waals surface area (Å²) in [6.07, 6.45) is -4.53. The first kappa shape index (κ1) is 12.7. The zero-order valence-electron chi connectivity index (χ0n) is 8.23. The van der Waals surface area contributed by atoms with E-state index in [-0.39, 0.29) is 22.8 Å². The summed E-state index contributed by atoms with van der Waals surface area (Å²) in [4.78, 5) is 0. The molecule has 0 fully saturated rings. The zero-order chi connectivity index (χ0) is 12.3. The minimum atomic E-state index is -4.53. The first-order chi connectivity index (χ1) is 7.43. The van der Waals surface area contributed by atoms with Gasteiger partial charge in [0.05, 0.1) is 18.2 Å². The van der Waals surface area contributed by atoms with Crippen molar-refractivity contribution in [2.45, 2.75) is 12.1 Å². The second-order valence-corrected chi connectivity index (χ2v) is 3.22. The number of nitrogens with zero attached hydrogens (tertiary/aromatic N) is 1. The average Bonchev–Trinajstić information content (AvgIpc) is 2.25. The molecule has 0 aromatic heterocycles. The largest absolute Gasteiger partial charge is 0.495 e. The Balaban J connectivity index is 3.45. The van der Waals surface area contributed by atoms with Crippen molar-refractivity contribution in [2.75, 3.05) is 7.11 Å². The van der Waals surface area contributed by atoms with E-state index in [2.05, 4.69) is 0 Å². The number of methoxy groups -OCH3 is 1. The number of alkyl halides is 4. The first-order valence-corrected chi connectivity index (χ1v) is 4.71. The smallest absolute Gasteiger partial charge is 0.416 e. The summed E-state index contributed by atoms with van der Waals surface area (Å²) in [6.45, 7) is 0. The van der Waals surface area contributed by atoms with Gasteiger partial charge in [0, 0.05) is 5.88 Å². The van der Waals surface area contributed by atoms with Crippen molar-refractivity contribution in [3.63, 3.8) is 0 Å². The van der Waals surface area contributed by atoms with E-state index in [9.17, 15) is 13.2 Å². The van der Waals surface area contributed by atoms with Gasteiger partial charge in [-0.3, -0.25) is 0 Å². The van der Waals surface area contributed by atoms with Gasteiger partial charge in [0.25, 0.3) is 0 Å². The van der Waals surface area contributed by atoms with Crippen molar-refractivity contribution in [1.29, 1.82) is 5.26 Å². The SMILES string of the molecule is COc1cc(CCl)c(C(F)(F)F)cc1C#N. The lowest BCUT2D eigenvalue weighted by Gasteiger charge is -2.13. The third kappa shape index (κ3) is 2.39. The minimum Gasteiger partial charge on any atom is -0.495 e. The fraction of sp³-hybridized carbons (Fsp3) is 0.300. The summed E-state index contributed by atoms with van der Waals surface area (Å²) in [5.74, 6) is -0.206. The molecular weight excluding hydrogens is 243 g/mol. The molecule has 0 heterocycles. The lowest BCUT2D eigenvalue weighted by Crippen LogP contribution is -2.09. The molecule has 0 aliphatic heterocycles. The molecule has 0 atom stereocenters. The van der Waals surface area contributed by atoms with Crippen LogP contribution in [0.2, 0.25) is 0 Å². The minimum absolute atomic E-state index is 0.0890. The fourth-order valence-electron chi connectivity index (χ4n) is 1.25. The lowest BCUT2D eigenvalue weighted by molar-refractivity contribution is -0.138. The van der Waals surface area contributed by atoms with Crippen LogP contribution in [0, 0.1) is 11.3 Å². The van der Waals surface area contributed by atoms with Gasteiger partial charge in [-0.1, -0.05) is 0 Å². The Labute approximate surface area is 95.2 Å². The van der Waals surface area contributed by atoms with E-state index in [1.54, 1.807) is 6.07 Å². The van der Waals surface area contributed by atoms with Gasteiger partial charge in [0.15, 0.2) is 0 Å². The molecule has 1 aromatic carbocycles. The number of halogens is 4. The van der Waals surface area contributed by atoms with E-state index in [1.807, 2.05) is 0 Å². The maximum Gasteiger partial charge on any atom is 0.416 e. The van der Waals surface area contributed by atoms with Crippen LogP contribution in [0.4, 0.5) is 13.2 Å². The molecule has 1 rings (SSSR count). The van der Waals surface area contributed by atoms with Crippen LogP contribution >= 0.6 is 11.6 Å². The monoisotopic (exact) mass is 249 g/mol. The van der Waals surface area contributed by atoms with Gasteiger partial charge < -0.3 is 4.74 Å². The maximum absolute atomic E-state index is 12.6. The van der Waals surface area contributed by atoms with Crippen LogP contribution in [0.1, 0.15) is 16.7 Å². The van der Waals surface area contributed by atoms with Crippen molar-refractivity contribution < 1.29 is 17.9 Å². The fourth-order valence-corrected chi connectivity index (χ4v) is 1.47. The molecule has 1 aromatic rings. The summed E-state index contributed by atoms with van der Waals surface area (Å²) >= 11 is 5.42. The van der Waals surface area contributed by atoms with E-state index < -0.39 is 11.7 Å². The van der Waals surface area contributed by atoms with Crippen LogP contribution in [-0.4, -0.2) is 7.11 Å². The topological polar surface area (TPSA) is 33.0 Å². The molecule has 0 aliphatic carbocycles. The lowest BCUT2D eigenvalue weighted by atomic mass is 10.0. The second-order valence-electron chi connectivity index (χ2n) is 2.95. The van der Waals surface area contributed by atoms with E-state index in [1.165, 1.54) is 7.11 Å². The molecule has 0 spiro atoms. The predicted molar refractivity (Wildman–Crippen MR) is 52.3 cm³/mol. The van der Waals surface area contributed by atoms with Gasteiger partial charge >= 0.3 is 6.18 Å². The Hall–Kier alpha value is -1.41. The van der Waals surface area contributed by atoms with Crippen molar-refractivity contribution >= 4 is 11.6 Å². The number of nitriles is 1. The van der Waals surface area contributed by atoms with Crippen molar-refractivity contribution in [2.24, 2.45) is 0 Å². The van der Waals surface area contributed by atoms with Crippen molar-refractivity contribution in [1.82, 2.24) is 0 Å². The van der Waals surface area contributed by atoms with E-state index >= 15 is 0 Å². The van der Waals surface area contributed by atoms with Gasteiger partial charge in [-0.05, 0) is 17.7 Å². The zero-order valence-corrected chi connectivity index (χ0v) is 8.99. The molecule has 0 N–H and O–H groups in total.